The Balaban J connectivity index is 1.56. The van der Waals surface area contributed by atoms with E-state index in [1.807, 2.05) is 84.9 Å². The molecule has 6 heteroatoms. The average Bonchev–Trinajstić information content (AvgIpc) is 3.41. The second-order valence-electron chi connectivity index (χ2n) is 9.26. The quantitative estimate of drug-likeness (QED) is 0.293. The smallest absolute Gasteiger partial charge is 0.243 e. The van der Waals surface area contributed by atoms with Crippen LogP contribution in [0.5, 0.6) is 0 Å². The van der Waals surface area contributed by atoms with E-state index in [1.54, 1.807) is 16.7 Å². The lowest BCUT2D eigenvalue weighted by Crippen LogP contribution is -2.52. The van der Waals surface area contributed by atoms with Gasteiger partial charge in [0.2, 0.25) is 11.8 Å². The van der Waals surface area contributed by atoms with Crippen LogP contribution in [-0.2, 0) is 22.6 Å². The van der Waals surface area contributed by atoms with E-state index in [2.05, 4.69) is 5.32 Å². The van der Waals surface area contributed by atoms with Crippen LogP contribution >= 0.6 is 23.4 Å². The maximum Gasteiger partial charge on any atom is 0.243 e. The van der Waals surface area contributed by atoms with Crippen molar-refractivity contribution in [3.05, 3.63) is 101 Å². The van der Waals surface area contributed by atoms with E-state index in [1.165, 1.54) is 0 Å². The van der Waals surface area contributed by atoms with E-state index in [0.29, 0.717) is 30.2 Å². The number of carbonyl (C=O) groups is 2. The Morgan fingerprint density at radius 1 is 0.889 bits per heavy atom. The van der Waals surface area contributed by atoms with Gasteiger partial charge >= 0.3 is 0 Å². The largest absolute Gasteiger partial charge is 0.352 e. The number of rotatable bonds is 11. The zero-order valence-electron chi connectivity index (χ0n) is 20.4. The van der Waals surface area contributed by atoms with Crippen molar-refractivity contribution in [3.8, 4) is 0 Å². The summed E-state index contributed by atoms with van der Waals surface area (Å²) in [5.41, 5.74) is 1.99. The van der Waals surface area contributed by atoms with E-state index in [-0.39, 0.29) is 17.9 Å². The van der Waals surface area contributed by atoms with Gasteiger partial charge in [0.15, 0.2) is 0 Å². The maximum atomic E-state index is 13.7. The van der Waals surface area contributed by atoms with E-state index in [0.717, 1.165) is 41.7 Å². The Bertz CT molecular complexity index is 1100. The van der Waals surface area contributed by atoms with Gasteiger partial charge in [-0.15, -0.1) is 11.8 Å². The number of nitrogens with one attached hydrogen (secondary N) is 1. The SMILES string of the molecule is O=C(NC1CCCC1)[C@H](Cc1ccccc1)N(Cc1ccc(Cl)cc1)C(=O)CCSc1ccccc1. The summed E-state index contributed by atoms with van der Waals surface area (Å²) in [5, 5.41) is 3.90. The summed E-state index contributed by atoms with van der Waals surface area (Å²) >= 11 is 7.76. The Kier molecular flexibility index (Phi) is 9.88. The number of benzene rings is 3. The van der Waals surface area contributed by atoms with E-state index >= 15 is 0 Å². The molecule has 188 valence electrons. The van der Waals surface area contributed by atoms with Crippen LogP contribution in [0.4, 0.5) is 0 Å². The highest BCUT2D eigenvalue weighted by atomic mass is 35.5. The minimum atomic E-state index is -0.585. The van der Waals surface area contributed by atoms with Crippen LogP contribution in [-0.4, -0.2) is 34.6 Å². The molecule has 0 aromatic heterocycles. The number of hydrogen-bond acceptors (Lipinski definition) is 3. The molecule has 0 saturated heterocycles. The monoisotopic (exact) mass is 520 g/mol. The van der Waals surface area contributed by atoms with Gasteiger partial charge in [0, 0.05) is 41.1 Å². The summed E-state index contributed by atoms with van der Waals surface area (Å²) in [6.45, 7) is 0.363. The highest BCUT2D eigenvalue weighted by molar-refractivity contribution is 7.99. The predicted molar refractivity (Wildman–Crippen MR) is 148 cm³/mol. The van der Waals surface area contributed by atoms with Crippen LogP contribution in [0.15, 0.2) is 89.8 Å². The minimum absolute atomic E-state index is 0.0177. The van der Waals surface area contributed by atoms with Crippen molar-refractivity contribution < 1.29 is 9.59 Å². The lowest BCUT2D eigenvalue weighted by molar-refractivity contribution is -0.141. The molecule has 0 spiro atoms. The molecular weight excluding hydrogens is 488 g/mol. The van der Waals surface area contributed by atoms with Crippen molar-refractivity contribution in [2.45, 2.75) is 62.0 Å². The second-order valence-corrected chi connectivity index (χ2v) is 10.9. The third-order valence-corrected chi connectivity index (χ3v) is 7.83. The molecule has 1 N–H and O–H groups in total. The molecule has 0 radical (unpaired) electrons. The van der Waals surface area contributed by atoms with Crippen molar-refractivity contribution in [3.63, 3.8) is 0 Å². The molecule has 4 rings (SSSR count). The third-order valence-electron chi connectivity index (χ3n) is 6.57. The zero-order chi connectivity index (χ0) is 25.2. The van der Waals surface area contributed by atoms with Gasteiger partial charge in [0.1, 0.15) is 6.04 Å². The first-order valence-corrected chi connectivity index (χ1v) is 14.0. The molecule has 0 heterocycles. The van der Waals surface area contributed by atoms with Crippen LogP contribution in [0.3, 0.4) is 0 Å². The summed E-state index contributed by atoms with van der Waals surface area (Å²) < 4.78 is 0. The normalized spacial score (nSPS) is 14.4. The van der Waals surface area contributed by atoms with Crippen molar-refractivity contribution >= 4 is 35.2 Å². The number of nitrogens with zero attached hydrogens (tertiary/aromatic N) is 1. The lowest BCUT2D eigenvalue weighted by Gasteiger charge is -2.32. The van der Waals surface area contributed by atoms with Crippen molar-refractivity contribution in [2.75, 3.05) is 5.75 Å². The average molecular weight is 521 g/mol. The third kappa shape index (κ3) is 7.87. The van der Waals surface area contributed by atoms with Crippen LogP contribution in [0, 0.1) is 0 Å². The van der Waals surface area contributed by atoms with Gasteiger partial charge in [-0.2, -0.15) is 0 Å². The number of amides is 2. The lowest BCUT2D eigenvalue weighted by atomic mass is 10.0. The molecular formula is C30H33ClN2O2S. The van der Waals surface area contributed by atoms with E-state index < -0.39 is 6.04 Å². The van der Waals surface area contributed by atoms with Crippen LogP contribution in [0.1, 0.15) is 43.2 Å². The summed E-state index contributed by atoms with van der Waals surface area (Å²) in [7, 11) is 0. The van der Waals surface area contributed by atoms with Crippen LogP contribution in [0.2, 0.25) is 5.02 Å². The van der Waals surface area contributed by atoms with Gasteiger partial charge < -0.3 is 10.2 Å². The molecule has 1 fully saturated rings. The molecule has 2 amide bonds. The van der Waals surface area contributed by atoms with Crippen LogP contribution in [0.25, 0.3) is 0 Å². The molecule has 4 nitrogen and oxygen atoms in total. The molecule has 0 unspecified atom stereocenters. The highest BCUT2D eigenvalue weighted by Gasteiger charge is 2.32. The summed E-state index contributed by atoms with van der Waals surface area (Å²) in [5.74, 6) is 0.571. The molecule has 1 atom stereocenters. The topological polar surface area (TPSA) is 49.4 Å². The summed E-state index contributed by atoms with van der Waals surface area (Å²) in [6.07, 6.45) is 5.11. The summed E-state index contributed by atoms with van der Waals surface area (Å²) in [4.78, 5) is 30.2. The molecule has 36 heavy (non-hydrogen) atoms. The van der Waals surface area contributed by atoms with Crippen molar-refractivity contribution in [1.29, 1.82) is 0 Å². The Morgan fingerprint density at radius 2 is 1.53 bits per heavy atom. The van der Waals surface area contributed by atoms with Crippen molar-refractivity contribution in [2.24, 2.45) is 0 Å². The van der Waals surface area contributed by atoms with Gasteiger partial charge in [-0.25, -0.2) is 0 Å². The van der Waals surface area contributed by atoms with Gasteiger partial charge in [-0.05, 0) is 48.2 Å². The number of carbonyl (C=O) groups excluding carboxylic acids is 2. The maximum absolute atomic E-state index is 13.7. The fourth-order valence-electron chi connectivity index (χ4n) is 4.62. The fraction of sp³-hybridized carbons (Fsp3) is 0.333. The molecule has 3 aromatic carbocycles. The first kappa shape index (κ1) is 26.3. The first-order valence-electron chi connectivity index (χ1n) is 12.6. The van der Waals surface area contributed by atoms with Gasteiger partial charge in [0.05, 0.1) is 0 Å². The summed E-state index contributed by atoms with van der Waals surface area (Å²) in [6, 6.07) is 27.2. The Hall–Kier alpha value is -2.76. The van der Waals surface area contributed by atoms with Gasteiger partial charge in [-0.3, -0.25) is 9.59 Å². The number of halogens is 1. The molecule has 1 aliphatic carbocycles. The zero-order valence-corrected chi connectivity index (χ0v) is 22.0. The molecule has 3 aromatic rings. The molecule has 0 bridgehead atoms. The standard InChI is InChI=1S/C30H33ClN2O2S/c31-25-17-15-24(16-18-25)22-33(29(34)19-20-36-27-13-5-2-6-14-27)28(21-23-9-3-1-4-10-23)30(35)32-26-11-7-8-12-26/h1-6,9-10,13-18,26,28H,7-8,11-12,19-22H2,(H,32,35)/t28-/m0/s1. The second kappa shape index (κ2) is 13.5. The number of thioether (sulfide) groups is 1. The van der Waals surface area contributed by atoms with Gasteiger partial charge in [0.25, 0.3) is 0 Å². The number of hydrogen-bond donors (Lipinski definition) is 1. The minimum Gasteiger partial charge on any atom is -0.352 e. The van der Waals surface area contributed by atoms with E-state index in [9.17, 15) is 9.59 Å². The Morgan fingerprint density at radius 3 is 2.19 bits per heavy atom. The highest BCUT2D eigenvalue weighted by Crippen LogP contribution is 2.23. The van der Waals surface area contributed by atoms with Gasteiger partial charge in [-0.1, -0.05) is 85.1 Å². The van der Waals surface area contributed by atoms with E-state index in [4.69, 9.17) is 11.6 Å². The fourth-order valence-corrected chi connectivity index (χ4v) is 5.61. The van der Waals surface area contributed by atoms with Crippen LogP contribution < -0.4 is 5.32 Å². The predicted octanol–water partition coefficient (Wildman–Crippen LogP) is 6.52. The molecule has 0 aliphatic heterocycles. The Labute approximate surface area is 223 Å². The van der Waals surface area contributed by atoms with Crippen molar-refractivity contribution in [1.82, 2.24) is 10.2 Å². The first-order chi connectivity index (χ1) is 17.6. The molecule has 1 saturated carbocycles. The molecule has 1 aliphatic rings.